The summed E-state index contributed by atoms with van der Waals surface area (Å²) in [5.74, 6) is -0.995. The van der Waals surface area contributed by atoms with Crippen molar-refractivity contribution < 1.29 is 23.9 Å². The van der Waals surface area contributed by atoms with Crippen LogP contribution in [0, 0.1) is 12.8 Å². The second-order valence-corrected chi connectivity index (χ2v) is 12.2. The largest absolute Gasteiger partial charge is 0.497 e. The highest BCUT2D eigenvalue weighted by Crippen LogP contribution is 2.54. The summed E-state index contributed by atoms with van der Waals surface area (Å²) in [7, 11) is 3.13. The number of imide groups is 1. The van der Waals surface area contributed by atoms with Gasteiger partial charge in [0, 0.05) is 16.5 Å². The van der Waals surface area contributed by atoms with Crippen molar-refractivity contribution in [3.8, 4) is 11.5 Å². The van der Waals surface area contributed by atoms with E-state index < -0.39 is 17.1 Å². The van der Waals surface area contributed by atoms with Crippen molar-refractivity contribution in [3.63, 3.8) is 0 Å². The van der Waals surface area contributed by atoms with Crippen molar-refractivity contribution in [2.24, 2.45) is 5.92 Å². The topological polar surface area (TPSA) is 107 Å². The molecule has 2 unspecified atom stereocenters. The molecule has 11 heteroatoms. The summed E-state index contributed by atoms with van der Waals surface area (Å²) >= 11 is 2.20. The molecule has 0 spiro atoms. The number of ether oxygens (including phenoxy) is 2. The normalized spacial score (nSPS) is 19.3. The molecule has 2 aliphatic rings. The van der Waals surface area contributed by atoms with Gasteiger partial charge in [-0.15, -0.1) is 0 Å². The molecule has 1 saturated heterocycles. The number of benzene rings is 3. The summed E-state index contributed by atoms with van der Waals surface area (Å²) < 4.78 is 11.9. The van der Waals surface area contributed by atoms with Gasteiger partial charge in [-0.1, -0.05) is 52.9 Å². The first-order valence-corrected chi connectivity index (χ1v) is 14.9. The number of fused-ring (bicyclic) bond motifs is 2. The molecule has 2 aliphatic heterocycles. The molecule has 9 nitrogen and oxygen atoms in total. The van der Waals surface area contributed by atoms with Crippen LogP contribution in [0.15, 0.2) is 82.6 Å². The zero-order chi connectivity index (χ0) is 29.5. The van der Waals surface area contributed by atoms with Gasteiger partial charge in [-0.25, -0.2) is 4.90 Å². The molecule has 6 rings (SSSR count). The Morgan fingerprint density at radius 1 is 0.857 bits per heavy atom. The molecule has 42 heavy (non-hydrogen) atoms. The van der Waals surface area contributed by atoms with Gasteiger partial charge in [0.2, 0.25) is 17.7 Å². The maximum atomic E-state index is 14.0. The molecule has 3 amide bonds. The molecular formula is C31H27N3O6S2. The van der Waals surface area contributed by atoms with Crippen molar-refractivity contribution in [2.75, 3.05) is 24.4 Å². The van der Waals surface area contributed by atoms with Crippen molar-refractivity contribution in [2.45, 2.75) is 29.7 Å². The lowest BCUT2D eigenvalue weighted by atomic mass is 9.83. The quantitative estimate of drug-likeness (QED) is 0.307. The maximum absolute atomic E-state index is 14.0. The van der Waals surface area contributed by atoms with Crippen LogP contribution >= 0.6 is 23.1 Å². The lowest BCUT2D eigenvalue weighted by Gasteiger charge is -2.30. The number of thiazole rings is 1. The number of aryl methyl sites for hydroxylation is 1. The Hall–Kier alpha value is -4.35. The molecule has 4 aromatic rings. The standard InChI is InChI=1S/C31H27N3O6S2/c1-17-4-10-20(11-5-17)34-28(36)25-24(18-6-12-21(39-2)13-7-18)27-30(41-26(25)29(34)37)33(31(38)42-27)16-23(35)32-19-8-14-22(40-3)15-9-19/h4-15,24-26H,16H2,1-3H3,(H,32,35)/t24-,25?,26?/m0/s1. The SMILES string of the molecule is COc1ccc(NC(=O)Cn2c3c(sc2=O)[C@@H](c2ccc(OC)cc2)C2C(=O)N(c4ccc(C)cc4)C(=O)C2S3)cc1. The molecular weight excluding hydrogens is 574 g/mol. The second kappa shape index (κ2) is 11.1. The third-order valence-electron chi connectivity index (χ3n) is 7.49. The number of carbonyl (C=O) groups is 3. The zero-order valence-electron chi connectivity index (χ0n) is 23.0. The van der Waals surface area contributed by atoms with Crippen LogP contribution in [0.5, 0.6) is 11.5 Å². The first-order valence-electron chi connectivity index (χ1n) is 13.2. The summed E-state index contributed by atoms with van der Waals surface area (Å²) in [6.07, 6.45) is 0. The zero-order valence-corrected chi connectivity index (χ0v) is 24.7. The monoisotopic (exact) mass is 601 g/mol. The van der Waals surface area contributed by atoms with Crippen LogP contribution < -0.4 is 24.6 Å². The van der Waals surface area contributed by atoms with E-state index in [9.17, 15) is 19.2 Å². The van der Waals surface area contributed by atoms with Gasteiger partial charge in [0.25, 0.3) is 0 Å². The maximum Gasteiger partial charge on any atom is 0.308 e. The second-order valence-electron chi connectivity index (χ2n) is 10.1. The van der Waals surface area contributed by atoms with Crippen LogP contribution in [-0.2, 0) is 20.9 Å². The minimum atomic E-state index is -0.761. The fourth-order valence-electron chi connectivity index (χ4n) is 5.39. The third-order valence-corrected chi connectivity index (χ3v) is 10.1. The molecule has 0 saturated carbocycles. The van der Waals surface area contributed by atoms with Gasteiger partial charge in [0.15, 0.2) is 0 Å². The Morgan fingerprint density at radius 3 is 2.10 bits per heavy atom. The number of anilines is 2. The fourth-order valence-corrected chi connectivity index (χ4v) is 8.17. The van der Waals surface area contributed by atoms with Crippen LogP contribution in [0.3, 0.4) is 0 Å². The Balaban J connectivity index is 1.38. The minimum Gasteiger partial charge on any atom is -0.497 e. The summed E-state index contributed by atoms with van der Waals surface area (Å²) in [5, 5.41) is 2.58. The highest BCUT2D eigenvalue weighted by molar-refractivity contribution is 8.00. The number of methoxy groups -OCH3 is 2. The number of aromatic nitrogens is 1. The predicted molar refractivity (Wildman–Crippen MR) is 162 cm³/mol. The fraction of sp³-hybridized carbons (Fsp3) is 0.226. The number of carbonyl (C=O) groups excluding carboxylic acids is 3. The highest BCUT2D eigenvalue weighted by Gasteiger charge is 2.56. The first kappa shape index (κ1) is 27.8. The number of rotatable bonds is 7. The molecule has 3 aromatic carbocycles. The van der Waals surface area contributed by atoms with Crippen molar-refractivity contribution in [3.05, 3.63) is 98.5 Å². The Bertz CT molecular complexity index is 1730. The van der Waals surface area contributed by atoms with E-state index in [2.05, 4.69) is 5.32 Å². The summed E-state index contributed by atoms with van der Waals surface area (Å²) in [5.41, 5.74) is 2.88. The summed E-state index contributed by atoms with van der Waals surface area (Å²) in [4.78, 5) is 55.8. The van der Waals surface area contributed by atoms with Gasteiger partial charge in [-0.3, -0.25) is 23.7 Å². The van der Waals surface area contributed by atoms with E-state index in [1.807, 2.05) is 31.2 Å². The van der Waals surface area contributed by atoms with Crippen LogP contribution in [0.1, 0.15) is 21.9 Å². The van der Waals surface area contributed by atoms with Gasteiger partial charge in [0.1, 0.15) is 23.3 Å². The third kappa shape index (κ3) is 4.88. The van der Waals surface area contributed by atoms with Gasteiger partial charge in [-0.2, -0.15) is 0 Å². The average Bonchev–Trinajstić information content (AvgIpc) is 3.44. The van der Waals surface area contributed by atoms with Crippen LogP contribution in [0.25, 0.3) is 0 Å². The van der Waals surface area contributed by atoms with Crippen LogP contribution in [0.4, 0.5) is 11.4 Å². The number of amides is 3. The van der Waals surface area contributed by atoms with E-state index >= 15 is 0 Å². The Labute approximate surface area is 250 Å². The molecule has 214 valence electrons. The molecule has 1 fully saturated rings. The Kier molecular flexibility index (Phi) is 7.38. The highest BCUT2D eigenvalue weighted by atomic mass is 32.2. The molecule has 0 bridgehead atoms. The number of hydrogen-bond donors (Lipinski definition) is 1. The summed E-state index contributed by atoms with van der Waals surface area (Å²) in [6, 6.07) is 21.5. The number of hydrogen-bond acceptors (Lipinski definition) is 8. The molecule has 3 atom stereocenters. The lowest BCUT2D eigenvalue weighted by Crippen LogP contribution is -2.33. The molecule has 0 radical (unpaired) electrons. The first-order chi connectivity index (χ1) is 20.3. The predicted octanol–water partition coefficient (Wildman–Crippen LogP) is 4.67. The Morgan fingerprint density at radius 2 is 1.48 bits per heavy atom. The smallest absolute Gasteiger partial charge is 0.308 e. The molecule has 1 N–H and O–H groups in total. The number of thioether (sulfide) groups is 1. The molecule has 3 heterocycles. The van der Waals surface area contributed by atoms with E-state index in [0.29, 0.717) is 32.8 Å². The van der Waals surface area contributed by atoms with Gasteiger partial charge >= 0.3 is 4.87 Å². The lowest BCUT2D eigenvalue weighted by molar-refractivity contribution is -0.122. The van der Waals surface area contributed by atoms with Crippen molar-refractivity contribution in [1.82, 2.24) is 4.57 Å². The van der Waals surface area contributed by atoms with Gasteiger partial charge in [0.05, 0.1) is 30.9 Å². The number of nitrogens with zero attached hydrogens (tertiary/aromatic N) is 2. The van der Waals surface area contributed by atoms with Crippen LogP contribution in [-0.4, -0.2) is 41.8 Å². The van der Waals surface area contributed by atoms with E-state index in [-0.39, 0.29) is 29.1 Å². The van der Waals surface area contributed by atoms with Gasteiger partial charge in [-0.05, 0) is 61.0 Å². The van der Waals surface area contributed by atoms with Crippen LogP contribution in [0.2, 0.25) is 0 Å². The van der Waals surface area contributed by atoms with Crippen molar-refractivity contribution in [1.29, 1.82) is 0 Å². The van der Waals surface area contributed by atoms with E-state index in [4.69, 9.17) is 9.47 Å². The molecule has 0 aliphatic carbocycles. The average molecular weight is 602 g/mol. The van der Waals surface area contributed by atoms with E-state index in [1.165, 1.54) is 21.2 Å². The molecule has 1 aromatic heterocycles. The van der Waals surface area contributed by atoms with E-state index in [1.54, 1.807) is 62.8 Å². The number of nitrogens with one attached hydrogen (secondary N) is 1. The van der Waals surface area contributed by atoms with Crippen molar-refractivity contribution >= 4 is 52.2 Å². The minimum absolute atomic E-state index is 0.236. The summed E-state index contributed by atoms with van der Waals surface area (Å²) in [6.45, 7) is 1.70. The van der Waals surface area contributed by atoms with Gasteiger partial charge < -0.3 is 14.8 Å². The van der Waals surface area contributed by atoms with E-state index in [0.717, 1.165) is 22.5 Å².